The van der Waals surface area contributed by atoms with E-state index < -0.39 is 0 Å². The number of rotatable bonds is 3. The molecule has 4 aromatic rings. The van der Waals surface area contributed by atoms with Crippen molar-refractivity contribution in [1.29, 1.82) is 0 Å². The molecule has 0 saturated heterocycles. The zero-order chi connectivity index (χ0) is 15.1. The minimum Gasteiger partial charge on any atom is -0.364 e. The number of pyridine rings is 1. The molecule has 0 aromatic carbocycles. The number of aryl methyl sites for hydroxylation is 1. The van der Waals surface area contributed by atoms with Gasteiger partial charge in [-0.3, -0.25) is 0 Å². The van der Waals surface area contributed by atoms with Gasteiger partial charge < -0.3 is 9.72 Å². The number of nitrogens with one attached hydrogen (secondary N) is 1. The molecule has 0 atom stereocenters. The van der Waals surface area contributed by atoms with Gasteiger partial charge in [-0.25, -0.2) is 9.97 Å². The molecule has 0 aliphatic carbocycles. The molecule has 0 amide bonds. The molecule has 0 unspecified atom stereocenters. The Hall–Kier alpha value is -2.67. The average molecular weight is 314 g/mol. The first-order valence-corrected chi connectivity index (χ1v) is 7.11. The third kappa shape index (κ3) is 2.25. The fourth-order valence-electron chi connectivity index (χ4n) is 2.34. The molecule has 22 heavy (non-hydrogen) atoms. The van der Waals surface area contributed by atoms with Crippen LogP contribution in [0, 0.1) is 6.92 Å². The lowest BCUT2D eigenvalue weighted by molar-refractivity contribution is 0.911. The topological polar surface area (TPSA) is 72.4 Å². The number of aromatic nitrogens is 6. The molecule has 0 aliphatic heterocycles. The van der Waals surface area contributed by atoms with Gasteiger partial charge in [-0.15, -0.1) is 0 Å². The van der Waals surface area contributed by atoms with E-state index >= 15 is 0 Å². The summed E-state index contributed by atoms with van der Waals surface area (Å²) < 4.78 is 3.57. The van der Waals surface area contributed by atoms with Gasteiger partial charge in [0.2, 0.25) is 0 Å². The number of fused-ring (bicyclic) bond motifs is 2. The van der Waals surface area contributed by atoms with Crippen LogP contribution in [-0.4, -0.2) is 29.0 Å². The summed E-state index contributed by atoms with van der Waals surface area (Å²) in [4.78, 5) is 13.0. The van der Waals surface area contributed by atoms with E-state index in [1.54, 1.807) is 4.52 Å². The first kappa shape index (κ1) is 13.0. The first-order valence-electron chi connectivity index (χ1n) is 6.73. The van der Waals surface area contributed by atoms with Crippen LogP contribution in [0.3, 0.4) is 0 Å². The smallest absolute Gasteiger partial charge is 0.254 e. The molecule has 4 heterocycles. The highest BCUT2D eigenvalue weighted by Crippen LogP contribution is 2.14. The molecular formula is C14H12ClN7. The number of nitrogens with zero attached hydrogens (tertiary/aromatic N) is 6. The Bertz CT molecular complexity index is 972. The van der Waals surface area contributed by atoms with Crippen LogP contribution < -0.4 is 5.32 Å². The fraction of sp³-hybridized carbons (Fsp3) is 0.143. The normalized spacial score (nSPS) is 11.4. The minimum absolute atomic E-state index is 0.567. The minimum atomic E-state index is 0.567. The van der Waals surface area contributed by atoms with Gasteiger partial charge in [0.25, 0.3) is 5.78 Å². The van der Waals surface area contributed by atoms with E-state index in [2.05, 4.69) is 25.4 Å². The number of anilines is 1. The number of halogens is 1. The molecule has 4 rings (SSSR count). The highest BCUT2D eigenvalue weighted by Gasteiger charge is 2.07. The predicted octanol–water partition coefficient (Wildman–Crippen LogP) is 2.35. The summed E-state index contributed by atoms with van der Waals surface area (Å²) in [5.74, 6) is 1.40. The van der Waals surface area contributed by atoms with Crippen molar-refractivity contribution in [2.75, 3.05) is 5.32 Å². The van der Waals surface area contributed by atoms with Crippen LogP contribution in [0.5, 0.6) is 0 Å². The molecule has 4 aromatic heterocycles. The molecule has 110 valence electrons. The van der Waals surface area contributed by atoms with Crippen LogP contribution in [0.15, 0.2) is 36.9 Å². The Labute approximate surface area is 130 Å². The Morgan fingerprint density at radius 1 is 1.23 bits per heavy atom. The van der Waals surface area contributed by atoms with Gasteiger partial charge in [0, 0.05) is 24.2 Å². The number of imidazole rings is 1. The van der Waals surface area contributed by atoms with Crippen molar-refractivity contribution >= 4 is 28.8 Å². The van der Waals surface area contributed by atoms with E-state index in [1.807, 2.05) is 41.9 Å². The van der Waals surface area contributed by atoms with Crippen LogP contribution in [0.1, 0.15) is 11.4 Å². The van der Waals surface area contributed by atoms with Crippen molar-refractivity contribution in [2.24, 2.45) is 0 Å². The zero-order valence-corrected chi connectivity index (χ0v) is 12.5. The molecule has 8 heteroatoms. The summed E-state index contributed by atoms with van der Waals surface area (Å²) in [6.45, 7) is 2.49. The van der Waals surface area contributed by atoms with Gasteiger partial charge in [0.15, 0.2) is 0 Å². The molecule has 0 radical (unpaired) electrons. The average Bonchev–Trinajstić information content (AvgIpc) is 3.10. The maximum Gasteiger partial charge on any atom is 0.254 e. The highest BCUT2D eigenvalue weighted by molar-refractivity contribution is 6.30. The van der Waals surface area contributed by atoms with Crippen LogP contribution in [0.4, 0.5) is 5.82 Å². The maximum atomic E-state index is 5.98. The van der Waals surface area contributed by atoms with Gasteiger partial charge in [-0.05, 0) is 19.1 Å². The van der Waals surface area contributed by atoms with Gasteiger partial charge in [-0.1, -0.05) is 11.6 Å². The Morgan fingerprint density at radius 2 is 2.14 bits per heavy atom. The number of hydrogen-bond donors (Lipinski definition) is 1. The van der Waals surface area contributed by atoms with Crippen molar-refractivity contribution in [3.05, 3.63) is 53.3 Å². The SMILES string of the molecule is Cc1cc(NCc2cn3cc(Cl)ccc3n2)n2ncnc2n1. The summed E-state index contributed by atoms with van der Waals surface area (Å²) in [5.41, 5.74) is 2.65. The Kier molecular flexibility index (Phi) is 2.93. The van der Waals surface area contributed by atoms with Crippen LogP contribution in [-0.2, 0) is 6.54 Å². The molecule has 0 saturated carbocycles. The van der Waals surface area contributed by atoms with E-state index in [1.165, 1.54) is 6.33 Å². The summed E-state index contributed by atoms with van der Waals surface area (Å²) in [6, 6.07) is 5.64. The highest BCUT2D eigenvalue weighted by atomic mass is 35.5. The Morgan fingerprint density at radius 3 is 3.05 bits per heavy atom. The van der Waals surface area contributed by atoms with E-state index in [0.29, 0.717) is 17.3 Å². The summed E-state index contributed by atoms with van der Waals surface area (Å²) in [7, 11) is 0. The standard InChI is InChI=1S/C14H12ClN7/c1-9-4-13(22-14(19-9)17-8-18-22)16-5-11-7-21-6-10(15)2-3-12(21)20-11/h2-4,6-8,16H,5H2,1H3. The maximum absolute atomic E-state index is 5.98. The fourth-order valence-corrected chi connectivity index (χ4v) is 2.51. The molecule has 0 fully saturated rings. The summed E-state index contributed by atoms with van der Waals surface area (Å²) in [5, 5.41) is 8.16. The predicted molar refractivity (Wildman–Crippen MR) is 83.0 cm³/mol. The van der Waals surface area contributed by atoms with Gasteiger partial charge in [-0.2, -0.15) is 14.6 Å². The van der Waals surface area contributed by atoms with Crippen LogP contribution in [0.25, 0.3) is 11.4 Å². The molecular weight excluding hydrogens is 302 g/mol. The van der Waals surface area contributed by atoms with Crippen molar-refractivity contribution in [3.63, 3.8) is 0 Å². The van der Waals surface area contributed by atoms with Crippen molar-refractivity contribution in [2.45, 2.75) is 13.5 Å². The van der Waals surface area contributed by atoms with E-state index in [4.69, 9.17) is 11.6 Å². The van der Waals surface area contributed by atoms with E-state index in [0.717, 1.165) is 22.9 Å². The lowest BCUT2D eigenvalue weighted by Gasteiger charge is -2.06. The van der Waals surface area contributed by atoms with Crippen LogP contribution in [0.2, 0.25) is 5.02 Å². The largest absolute Gasteiger partial charge is 0.364 e. The first-order chi connectivity index (χ1) is 10.7. The molecule has 0 spiro atoms. The quantitative estimate of drug-likeness (QED) is 0.628. The summed E-state index contributed by atoms with van der Waals surface area (Å²) >= 11 is 5.98. The van der Waals surface area contributed by atoms with Crippen molar-refractivity contribution in [1.82, 2.24) is 29.0 Å². The third-order valence-electron chi connectivity index (χ3n) is 3.30. The summed E-state index contributed by atoms with van der Waals surface area (Å²) in [6.07, 6.45) is 5.26. The zero-order valence-electron chi connectivity index (χ0n) is 11.7. The van der Waals surface area contributed by atoms with E-state index in [9.17, 15) is 0 Å². The second-order valence-electron chi connectivity index (χ2n) is 4.95. The van der Waals surface area contributed by atoms with Gasteiger partial charge in [0.05, 0.1) is 17.3 Å². The van der Waals surface area contributed by atoms with Gasteiger partial charge in [0.1, 0.15) is 17.8 Å². The van der Waals surface area contributed by atoms with Crippen molar-refractivity contribution in [3.8, 4) is 0 Å². The second kappa shape index (κ2) is 4.96. The Balaban J connectivity index is 1.63. The molecule has 0 bridgehead atoms. The molecule has 1 N–H and O–H groups in total. The van der Waals surface area contributed by atoms with Crippen molar-refractivity contribution < 1.29 is 0 Å². The molecule has 7 nitrogen and oxygen atoms in total. The third-order valence-corrected chi connectivity index (χ3v) is 3.52. The lowest BCUT2D eigenvalue weighted by atomic mass is 10.4. The van der Waals surface area contributed by atoms with Crippen LogP contribution >= 0.6 is 11.6 Å². The second-order valence-corrected chi connectivity index (χ2v) is 5.39. The van der Waals surface area contributed by atoms with Gasteiger partial charge >= 0.3 is 0 Å². The monoisotopic (exact) mass is 313 g/mol. The van der Waals surface area contributed by atoms with E-state index in [-0.39, 0.29) is 0 Å². The lowest BCUT2D eigenvalue weighted by Crippen LogP contribution is -2.07. The molecule has 0 aliphatic rings. The number of hydrogen-bond acceptors (Lipinski definition) is 5.